The van der Waals surface area contributed by atoms with Crippen LogP contribution in [0.15, 0.2) is 48.5 Å². The molecule has 0 spiro atoms. The Morgan fingerprint density at radius 3 is 2.45 bits per heavy atom. The standard InChI is InChI=1S/C24H30FN3O/c1-19-5-4-6-20(17-19)18-26-11-9-21(10-12-26)24(29)28-15-13-27(14-16-28)23-8-3-2-7-22(23)25/h2-8,17,21H,9-16,18H2,1H3/p+1. The minimum atomic E-state index is -0.184. The van der Waals surface area contributed by atoms with E-state index in [2.05, 4.69) is 31.2 Å². The molecule has 1 amide bonds. The summed E-state index contributed by atoms with van der Waals surface area (Å²) in [6.45, 7) is 8.06. The van der Waals surface area contributed by atoms with Crippen molar-refractivity contribution in [2.45, 2.75) is 26.3 Å². The monoisotopic (exact) mass is 396 g/mol. The molecule has 0 aliphatic carbocycles. The van der Waals surface area contributed by atoms with E-state index in [0.717, 1.165) is 32.5 Å². The number of nitrogens with one attached hydrogen (secondary N) is 1. The van der Waals surface area contributed by atoms with Crippen LogP contribution in [0.25, 0.3) is 0 Å². The lowest BCUT2D eigenvalue weighted by Crippen LogP contribution is -3.11. The number of hydrogen-bond acceptors (Lipinski definition) is 2. The topological polar surface area (TPSA) is 28.0 Å². The lowest BCUT2D eigenvalue weighted by molar-refractivity contribution is -0.919. The highest BCUT2D eigenvalue weighted by molar-refractivity contribution is 5.79. The highest BCUT2D eigenvalue weighted by Gasteiger charge is 2.32. The number of carbonyl (C=O) groups excluding carboxylic acids is 1. The van der Waals surface area contributed by atoms with Gasteiger partial charge in [-0.25, -0.2) is 4.39 Å². The van der Waals surface area contributed by atoms with E-state index in [0.29, 0.717) is 37.8 Å². The molecule has 154 valence electrons. The number of aryl methyl sites for hydroxylation is 1. The zero-order chi connectivity index (χ0) is 20.2. The van der Waals surface area contributed by atoms with Crippen LogP contribution in [0.1, 0.15) is 24.0 Å². The Labute approximate surface area is 172 Å². The van der Waals surface area contributed by atoms with Crippen molar-refractivity contribution in [2.24, 2.45) is 5.92 Å². The summed E-state index contributed by atoms with van der Waals surface area (Å²) in [4.78, 5) is 18.6. The molecule has 0 bridgehead atoms. The summed E-state index contributed by atoms with van der Waals surface area (Å²) in [6.07, 6.45) is 1.93. The number of carbonyl (C=O) groups is 1. The number of nitrogens with zero attached hydrogens (tertiary/aromatic N) is 2. The van der Waals surface area contributed by atoms with Gasteiger partial charge in [-0.15, -0.1) is 0 Å². The molecule has 0 saturated carbocycles. The first-order valence-electron chi connectivity index (χ1n) is 10.8. The van der Waals surface area contributed by atoms with Crippen LogP contribution in [-0.2, 0) is 11.3 Å². The van der Waals surface area contributed by atoms with Crippen molar-refractivity contribution in [3.8, 4) is 0 Å². The summed E-state index contributed by atoms with van der Waals surface area (Å²) in [5.74, 6) is 0.264. The first kappa shape index (κ1) is 19.9. The van der Waals surface area contributed by atoms with Crippen molar-refractivity contribution in [3.63, 3.8) is 0 Å². The molecule has 0 aromatic heterocycles. The van der Waals surface area contributed by atoms with Crippen molar-refractivity contribution in [1.29, 1.82) is 0 Å². The number of anilines is 1. The molecule has 1 N–H and O–H groups in total. The predicted octanol–water partition coefficient (Wildman–Crippen LogP) is 2.28. The maximum atomic E-state index is 14.0. The average Bonchev–Trinajstić information content (AvgIpc) is 2.74. The zero-order valence-corrected chi connectivity index (χ0v) is 17.2. The quantitative estimate of drug-likeness (QED) is 0.859. The normalized spacial score (nSPS) is 22.6. The van der Waals surface area contributed by atoms with E-state index < -0.39 is 0 Å². The van der Waals surface area contributed by atoms with Gasteiger partial charge >= 0.3 is 0 Å². The highest BCUT2D eigenvalue weighted by Crippen LogP contribution is 2.22. The number of amides is 1. The second-order valence-electron chi connectivity index (χ2n) is 8.45. The van der Waals surface area contributed by atoms with E-state index in [1.807, 2.05) is 21.9 Å². The van der Waals surface area contributed by atoms with Crippen LogP contribution in [0, 0.1) is 18.7 Å². The van der Waals surface area contributed by atoms with Crippen LogP contribution in [-0.4, -0.2) is 50.1 Å². The second kappa shape index (κ2) is 8.95. The molecule has 2 aromatic rings. The fourth-order valence-electron chi connectivity index (χ4n) is 4.69. The van der Waals surface area contributed by atoms with Gasteiger partial charge in [-0.2, -0.15) is 0 Å². The number of halogens is 1. The molecule has 0 atom stereocenters. The molecule has 0 radical (unpaired) electrons. The van der Waals surface area contributed by atoms with Crippen LogP contribution in [0.2, 0.25) is 0 Å². The summed E-state index contributed by atoms with van der Waals surface area (Å²) in [6, 6.07) is 15.6. The molecular formula is C24H31FN3O+. The van der Waals surface area contributed by atoms with Gasteiger partial charge in [0.1, 0.15) is 12.4 Å². The third-order valence-corrected chi connectivity index (χ3v) is 6.36. The number of hydrogen-bond donors (Lipinski definition) is 1. The van der Waals surface area contributed by atoms with Crippen LogP contribution in [0.4, 0.5) is 10.1 Å². The van der Waals surface area contributed by atoms with E-state index >= 15 is 0 Å². The molecule has 2 fully saturated rings. The fourth-order valence-corrected chi connectivity index (χ4v) is 4.69. The fraction of sp³-hybridized carbons (Fsp3) is 0.458. The number of likely N-dealkylation sites (tertiary alicyclic amines) is 1. The molecule has 2 aromatic carbocycles. The highest BCUT2D eigenvalue weighted by atomic mass is 19.1. The van der Waals surface area contributed by atoms with E-state index in [9.17, 15) is 9.18 Å². The molecule has 4 rings (SSSR count). The largest absolute Gasteiger partial charge is 0.366 e. The molecular weight excluding hydrogens is 365 g/mol. The lowest BCUT2D eigenvalue weighted by atomic mass is 9.94. The van der Waals surface area contributed by atoms with E-state index in [4.69, 9.17) is 0 Å². The van der Waals surface area contributed by atoms with Gasteiger partial charge < -0.3 is 14.7 Å². The molecule has 2 saturated heterocycles. The zero-order valence-electron chi connectivity index (χ0n) is 17.2. The van der Waals surface area contributed by atoms with Crippen LogP contribution in [0.5, 0.6) is 0 Å². The first-order chi connectivity index (χ1) is 14.1. The summed E-state index contributed by atoms with van der Waals surface area (Å²) in [7, 11) is 0. The van der Waals surface area contributed by atoms with Crippen molar-refractivity contribution in [2.75, 3.05) is 44.2 Å². The summed E-state index contributed by atoms with van der Waals surface area (Å²) in [5.41, 5.74) is 3.34. The van der Waals surface area contributed by atoms with Crippen molar-refractivity contribution in [1.82, 2.24) is 4.90 Å². The number of piperazine rings is 1. The van der Waals surface area contributed by atoms with Gasteiger partial charge in [-0.05, 0) is 19.1 Å². The lowest BCUT2D eigenvalue weighted by Gasteiger charge is -2.38. The SMILES string of the molecule is Cc1cccc(C[NH+]2CCC(C(=O)N3CCN(c4ccccc4F)CC3)CC2)c1. The molecule has 2 aliphatic rings. The molecule has 4 nitrogen and oxygen atoms in total. The van der Waals surface area contributed by atoms with Gasteiger partial charge in [-0.1, -0.05) is 42.0 Å². The minimum absolute atomic E-state index is 0.149. The van der Waals surface area contributed by atoms with E-state index in [-0.39, 0.29) is 11.7 Å². The van der Waals surface area contributed by atoms with Gasteiger partial charge in [0.2, 0.25) is 5.91 Å². The maximum Gasteiger partial charge on any atom is 0.226 e. The number of benzene rings is 2. The first-order valence-corrected chi connectivity index (χ1v) is 10.8. The Kier molecular flexibility index (Phi) is 6.14. The van der Waals surface area contributed by atoms with Crippen LogP contribution in [0.3, 0.4) is 0 Å². The molecule has 29 heavy (non-hydrogen) atoms. The maximum absolute atomic E-state index is 14.0. The van der Waals surface area contributed by atoms with Crippen molar-refractivity contribution < 1.29 is 14.1 Å². The van der Waals surface area contributed by atoms with Gasteiger partial charge in [0, 0.05) is 50.5 Å². The third-order valence-electron chi connectivity index (χ3n) is 6.36. The Morgan fingerprint density at radius 1 is 1.03 bits per heavy atom. The van der Waals surface area contributed by atoms with E-state index in [1.54, 1.807) is 11.0 Å². The van der Waals surface area contributed by atoms with Crippen molar-refractivity contribution >= 4 is 11.6 Å². The Bertz CT molecular complexity index is 840. The third kappa shape index (κ3) is 4.78. The Morgan fingerprint density at radius 2 is 1.76 bits per heavy atom. The van der Waals surface area contributed by atoms with Gasteiger partial charge in [0.05, 0.1) is 18.8 Å². The average molecular weight is 397 g/mol. The summed E-state index contributed by atoms with van der Waals surface area (Å²) >= 11 is 0. The van der Waals surface area contributed by atoms with Crippen LogP contribution < -0.4 is 9.80 Å². The second-order valence-corrected chi connectivity index (χ2v) is 8.45. The predicted molar refractivity (Wildman–Crippen MR) is 113 cm³/mol. The van der Waals surface area contributed by atoms with E-state index in [1.165, 1.54) is 17.2 Å². The Hall–Kier alpha value is -2.40. The molecule has 0 unspecified atom stereocenters. The molecule has 2 heterocycles. The van der Waals surface area contributed by atoms with Gasteiger partial charge in [0.15, 0.2) is 0 Å². The minimum Gasteiger partial charge on any atom is -0.366 e. The van der Waals surface area contributed by atoms with Gasteiger partial charge in [0.25, 0.3) is 0 Å². The summed E-state index contributed by atoms with van der Waals surface area (Å²) in [5, 5.41) is 0. The van der Waals surface area contributed by atoms with Crippen LogP contribution >= 0.6 is 0 Å². The summed E-state index contributed by atoms with van der Waals surface area (Å²) < 4.78 is 14.0. The molecule has 5 heteroatoms. The number of piperidine rings is 1. The van der Waals surface area contributed by atoms with Crippen molar-refractivity contribution in [3.05, 3.63) is 65.5 Å². The molecule has 2 aliphatic heterocycles. The number of rotatable bonds is 4. The van der Waals surface area contributed by atoms with Gasteiger partial charge in [-0.3, -0.25) is 4.79 Å². The number of para-hydroxylation sites is 1. The Balaban J connectivity index is 1.25. The number of quaternary nitrogens is 1. The smallest absolute Gasteiger partial charge is 0.226 e.